The highest BCUT2D eigenvalue weighted by atomic mass is 16.5. The second-order valence-electron chi connectivity index (χ2n) is 6.01. The van der Waals surface area contributed by atoms with Crippen molar-refractivity contribution in [3.05, 3.63) is 65.5 Å². The molecule has 0 spiro atoms. The Labute approximate surface area is 142 Å². The Bertz CT molecular complexity index is 669. The fraction of sp³-hybridized carbons (Fsp3) is 0.368. The number of morpholine rings is 1. The molecular formula is C19H23N3O2. The average Bonchev–Trinajstić information content (AvgIpc) is 2.64. The highest BCUT2D eigenvalue weighted by Gasteiger charge is 2.27. The molecule has 1 atom stereocenters. The van der Waals surface area contributed by atoms with Gasteiger partial charge in [0, 0.05) is 25.8 Å². The van der Waals surface area contributed by atoms with E-state index in [4.69, 9.17) is 4.74 Å². The van der Waals surface area contributed by atoms with Gasteiger partial charge in [0.15, 0.2) is 0 Å². The van der Waals surface area contributed by atoms with E-state index in [9.17, 15) is 4.79 Å². The van der Waals surface area contributed by atoms with E-state index in [0.29, 0.717) is 26.2 Å². The lowest BCUT2D eigenvalue weighted by Gasteiger charge is -2.30. The monoisotopic (exact) mass is 325 g/mol. The fourth-order valence-electron chi connectivity index (χ4n) is 2.81. The molecule has 2 heterocycles. The van der Waals surface area contributed by atoms with Gasteiger partial charge in [0.25, 0.3) is 5.91 Å². The predicted octanol–water partition coefficient (Wildman–Crippen LogP) is 1.91. The van der Waals surface area contributed by atoms with Crippen LogP contribution in [0.3, 0.4) is 0 Å². The van der Waals surface area contributed by atoms with Gasteiger partial charge in [-0.1, -0.05) is 36.4 Å². The first-order valence-corrected chi connectivity index (χ1v) is 8.29. The smallest absolute Gasteiger partial charge is 0.253 e. The molecule has 1 aliphatic heterocycles. The first-order chi connectivity index (χ1) is 11.7. The van der Waals surface area contributed by atoms with Crippen molar-refractivity contribution in [2.45, 2.75) is 26.1 Å². The first-order valence-electron chi connectivity index (χ1n) is 8.29. The zero-order valence-corrected chi connectivity index (χ0v) is 13.9. The average molecular weight is 325 g/mol. The minimum atomic E-state index is -0.425. The molecule has 1 fully saturated rings. The summed E-state index contributed by atoms with van der Waals surface area (Å²) < 4.78 is 5.65. The van der Waals surface area contributed by atoms with Crippen LogP contribution in [0.1, 0.15) is 16.8 Å². The van der Waals surface area contributed by atoms with Crippen molar-refractivity contribution in [1.29, 1.82) is 0 Å². The fourth-order valence-corrected chi connectivity index (χ4v) is 2.81. The van der Waals surface area contributed by atoms with Crippen LogP contribution in [-0.2, 0) is 22.6 Å². The molecule has 0 bridgehead atoms. The quantitative estimate of drug-likeness (QED) is 0.912. The number of nitrogens with zero attached hydrogens (tertiary/aromatic N) is 2. The molecule has 5 nitrogen and oxygen atoms in total. The van der Waals surface area contributed by atoms with Gasteiger partial charge in [0.1, 0.15) is 6.10 Å². The predicted molar refractivity (Wildman–Crippen MR) is 92.3 cm³/mol. The number of aryl methyl sites for hydroxylation is 1. The van der Waals surface area contributed by atoms with E-state index in [2.05, 4.69) is 10.3 Å². The maximum Gasteiger partial charge on any atom is 0.253 e. The van der Waals surface area contributed by atoms with E-state index in [0.717, 1.165) is 23.4 Å². The third-order valence-corrected chi connectivity index (χ3v) is 4.19. The lowest BCUT2D eigenvalue weighted by molar-refractivity contribution is -0.146. The van der Waals surface area contributed by atoms with Gasteiger partial charge in [-0.05, 0) is 24.1 Å². The molecule has 1 amide bonds. The number of aromatic nitrogens is 1. The Kier molecular flexibility index (Phi) is 5.56. The summed E-state index contributed by atoms with van der Waals surface area (Å²) in [4.78, 5) is 19.2. The zero-order valence-electron chi connectivity index (χ0n) is 13.9. The van der Waals surface area contributed by atoms with Gasteiger partial charge in [0.2, 0.25) is 0 Å². The van der Waals surface area contributed by atoms with Crippen LogP contribution in [0, 0.1) is 6.92 Å². The van der Waals surface area contributed by atoms with Crippen molar-refractivity contribution in [3.8, 4) is 0 Å². The number of benzene rings is 1. The number of hydrogen-bond acceptors (Lipinski definition) is 4. The van der Waals surface area contributed by atoms with Crippen LogP contribution in [-0.4, -0.2) is 41.6 Å². The van der Waals surface area contributed by atoms with E-state index >= 15 is 0 Å². The van der Waals surface area contributed by atoms with E-state index in [1.165, 1.54) is 0 Å². The van der Waals surface area contributed by atoms with Crippen molar-refractivity contribution in [2.75, 3.05) is 19.7 Å². The molecule has 2 aromatic rings. The Balaban J connectivity index is 1.79. The molecule has 0 unspecified atom stereocenters. The minimum Gasteiger partial charge on any atom is -0.366 e. The number of rotatable bonds is 5. The highest BCUT2D eigenvalue weighted by molar-refractivity contribution is 5.81. The molecular weight excluding hydrogens is 302 g/mol. The van der Waals surface area contributed by atoms with Gasteiger partial charge in [0.05, 0.1) is 18.8 Å². The lowest BCUT2D eigenvalue weighted by Crippen LogP contribution is -2.49. The molecule has 0 saturated carbocycles. The number of amides is 1. The molecule has 0 radical (unpaired) electrons. The van der Waals surface area contributed by atoms with Crippen LogP contribution in [0.4, 0.5) is 0 Å². The van der Waals surface area contributed by atoms with Crippen LogP contribution < -0.4 is 5.32 Å². The molecule has 1 aliphatic rings. The van der Waals surface area contributed by atoms with Gasteiger partial charge in [-0.25, -0.2) is 0 Å². The zero-order chi connectivity index (χ0) is 16.8. The van der Waals surface area contributed by atoms with Gasteiger partial charge in [-0.2, -0.15) is 0 Å². The highest BCUT2D eigenvalue weighted by Crippen LogP contribution is 2.14. The van der Waals surface area contributed by atoms with Crippen LogP contribution in [0.2, 0.25) is 0 Å². The molecule has 1 saturated heterocycles. The van der Waals surface area contributed by atoms with Gasteiger partial charge < -0.3 is 15.0 Å². The number of carbonyl (C=O) groups is 1. The summed E-state index contributed by atoms with van der Waals surface area (Å²) in [6.45, 7) is 4.98. The summed E-state index contributed by atoms with van der Waals surface area (Å²) in [5, 5.41) is 3.22. The number of hydrogen-bond donors (Lipinski definition) is 1. The maximum absolute atomic E-state index is 13.0. The van der Waals surface area contributed by atoms with Crippen molar-refractivity contribution in [3.63, 3.8) is 0 Å². The molecule has 5 heteroatoms. The topological polar surface area (TPSA) is 54.5 Å². The Hall–Kier alpha value is -2.24. The number of ether oxygens (including phenoxy) is 1. The lowest BCUT2D eigenvalue weighted by atomic mass is 10.1. The molecule has 24 heavy (non-hydrogen) atoms. The van der Waals surface area contributed by atoms with Gasteiger partial charge in [-0.15, -0.1) is 0 Å². The molecule has 0 aliphatic carbocycles. The number of pyridine rings is 1. The molecule has 1 aromatic carbocycles. The van der Waals surface area contributed by atoms with Crippen molar-refractivity contribution in [1.82, 2.24) is 15.2 Å². The maximum atomic E-state index is 13.0. The van der Waals surface area contributed by atoms with Crippen molar-refractivity contribution in [2.24, 2.45) is 0 Å². The second-order valence-corrected chi connectivity index (χ2v) is 6.01. The van der Waals surface area contributed by atoms with Gasteiger partial charge >= 0.3 is 0 Å². The normalized spacial score (nSPS) is 17.5. The Morgan fingerprint density at radius 1 is 1.25 bits per heavy atom. The van der Waals surface area contributed by atoms with E-state index in [-0.39, 0.29) is 5.91 Å². The summed E-state index contributed by atoms with van der Waals surface area (Å²) in [6, 6.07) is 14.0. The summed E-state index contributed by atoms with van der Waals surface area (Å²) in [7, 11) is 0. The molecule has 126 valence electrons. The van der Waals surface area contributed by atoms with Crippen molar-refractivity contribution >= 4 is 5.91 Å². The van der Waals surface area contributed by atoms with Gasteiger partial charge in [-0.3, -0.25) is 9.78 Å². The van der Waals surface area contributed by atoms with Crippen LogP contribution in [0.5, 0.6) is 0 Å². The van der Waals surface area contributed by atoms with E-state index < -0.39 is 6.10 Å². The molecule has 1 N–H and O–H groups in total. The second kappa shape index (κ2) is 8.04. The first kappa shape index (κ1) is 16.6. The van der Waals surface area contributed by atoms with Crippen LogP contribution >= 0.6 is 0 Å². The Morgan fingerprint density at radius 3 is 2.79 bits per heavy atom. The Morgan fingerprint density at radius 2 is 2.08 bits per heavy atom. The minimum absolute atomic E-state index is 0.0103. The van der Waals surface area contributed by atoms with Crippen LogP contribution in [0.15, 0.2) is 48.7 Å². The number of carbonyl (C=O) groups excluding carboxylic acids is 1. The third-order valence-electron chi connectivity index (χ3n) is 4.19. The largest absolute Gasteiger partial charge is 0.366 e. The number of nitrogens with one attached hydrogen (secondary N) is 1. The third kappa shape index (κ3) is 4.19. The van der Waals surface area contributed by atoms with Crippen LogP contribution in [0.25, 0.3) is 0 Å². The van der Waals surface area contributed by atoms with E-state index in [1.54, 1.807) is 6.20 Å². The molecule has 3 rings (SSSR count). The van der Waals surface area contributed by atoms with E-state index in [1.807, 2.05) is 54.3 Å². The summed E-state index contributed by atoms with van der Waals surface area (Å²) >= 11 is 0. The SMILES string of the molecule is Cc1cccnc1CN(Cc1ccccc1)C(=O)[C@H]1CNCCO1. The molecule has 1 aromatic heterocycles. The summed E-state index contributed by atoms with van der Waals surface area (Å²) in [6.07, 6.45) is 1.35. The summed E-state index contributed by atoms with van der Waals surface area (Å²) in [5.41, 5.74) is 3.11. The standard InChI is InChI=1S/C19H23N3O2/c1-15-6-5-9-21-17(15)14-22(13-16-7-3-2-4-8-16)19(23)18-12-20-10-11-24-18/h2-9,18,20H,10-14H2,1H3/t18-/m1/s1. The summed E-state index contributed by atoms with van der Waals surface area (Å²) in [5.74, 6) is 0.0103. The van der Waals surface area contributed by atoms with Crippen molar-refractivity contribution < 1.29 is 9.53 Å².